The van der Waals surface area contributed by atoms with Crippen molar-refractivity contribution in [2.24, 2.45) is 0 Å². The molecule has 3 heterocycles. The average molecular weight is 473 g/mol. The van der Waals surface area contributed by atoms with E-state index in [9.17, 15) is 13.2 Å². The van der Waals surface area contributed by atoms with Crippen LogP contribution in [0.15, 0.2) is 41.4 Å². The summed E-state index contributed by atoms with van der Waals surface area (Å²) in [6.45, 7) is 5.78. The Morgan fingerprint density at radius 1 is 1.12 bits per heavy atom. The van der Waals surface area contributed by atoms with Crippen LogP contribution in [0.25, 0.3) is 11.0 Å². The van der Waals surface area contributed by atoms with Gasteiger partial charge in [0.05, 0.1) is 22.5 Å². The van der Waals surface area contributed by atoms with E-state index in [1.807, 2.05) is 18.4 Å². The predicted molar refractivity (Wildman–Crippen MR) is 123 cm³/mol. The Labute approximate surface area is 193 Å². The summed E-state index contributed by atoms with van der Waals surface area (Å²) < 4.78 is 40.5. The molecule has 33 heavy (non-hydrogen) atoms. The number of aryl methyl sites for hydroxylation is 1. The molecule has 0 atom stereocenters. The van der Waals surface area contributed by atoms with Gasteiger partial charge in [-0.25, -0.2) is 23.2 Å². The number of esters is 1. The number of aromatic nitrogens is 3. The molecule has 0 bridgehead atoms. The SMILES string of the molecule is CCOc1ncccc1C(=O)OCc1nc2cc(S(=O)(=O)N3CCCCC3)ccc2n1CC. The lowest BCUT2D eigenvalue weighted by atomic mass is 10.2. The lowest BCUT2D eigenvalue weighted by molar-refractivity contribution is 0.0453. The molecule has 1 aliphatic rings. The minimum Gasteiger partial charge on any atom is -0.477 e. The molecule has 1 fully saturated rings. The van der Waals surface area contributed by atoms with Gasteiger partial charge >= 0.3 is 5.97 Å². The number of hydrogen-bond donors (Lipinski definition) is 0. The summed E-state index contributed by atoms with van der Waals surface area (Å²) in [7, 11) is -3.56. The van der Waals surface area contributed by atoms with Crippen LogP contribution < -0.4 is 4.74 Å². The van der Waals surface area contributed by atoms with Crippen molar-refractivity contribution in [3.63, 3.8) is 0 Å². The van der Waals surface area contributed by atoms with Gasteiger partial charge in [0.25, 0.3) is 0 Å². The molecule has 4 rings (SSSR count). The summed E-state index contributed by atoms with van der Waals surface area (Å²) in [6, 6.07) is 8.23. The molecule has 3 aromatic rings. The van der Waals surface area contributed by atoms with Crippen molar-refractivity contribution >= 4 is 27.0 Å². The zero-order valence-corrected chi connectivity index (χ0v) is 19.7. The Kier molecular flexibility index (Phi) is 6.94. The van der Waals surface area contributed by atoms with E-state index < -0.39 is 16.0 Å². The number of pyridine rings is 1. The van der Waals surface area contributed by atoms with Crippen molar-refractivity contribution < 1.29 is 22.7 Å². The van der Waals surface area contributed by atoms with Crippen molar-refractivity contribution in [1.29, 1.82) is 0 Å². The van der Waals surface area contributed by atoms with Gasteiger partial charge in [0.15, 0.2) is 0 Å². The third-order valence-corrected chi connectivity index (χ3v) is 7.57. The van der Waals surface area contributed by atoms with Crippen LogP contribution in [0.4, 0.5) is 0 Å². The zero-order chi connectivity index (χ0) is 23.4. The monoisotopic (exact) mass is 472 g/mol. The summed E-state index contributed by atoms with van der Waals surface area (Å²) >= 11 is 0. The molecule has 1 saturated heterocycles. The Morgan fingerprint density at radius 2 is 1.91 bits per heavy atom. The van der Waals surface area contributed by atoms with E-state index in [-0.39, 0.29) is 22.9 Å². The Balaban J connectivity index is 1.58. The lowest BCUT2D eigenvalue weighted by Gasteiger charge is -2.25. The highest BCUT2D eigenvalue weighted by atomic mass is 32.2. The molecular formula is C23H28N4O5S. The van der Waals surface area contributed by atoms with Crippen molar-refractivity contribution in [3.05, 3.63) is 47.9 Å². The third kappa shape index (κ3) is 4.72. The zero-order valence-electron chi connectivity index (χ0n) is 18.9. The number of sulfonamides is 1. The standard InChI is InChI=1S/C23H28N4O5S/c1-3-27-20-11-10-17(33(29,30)26-13-6-5-7-14-26)15-19(20)25-21(27)16-32-23(28)18-9-8-12-24-22(18)31-4-2/h8-12,15H,3-7,13-14,16H2,1-2H3. The Morgan fingerprint density at radius 3 is 2.64 bits per heavy atom. The molecule has 0 spiro atoms. The topological polar surface area (TPSA) is 104 Å². The predicted octanol–water partition coefficient (Wildman–Crippen LogP) is 3.38. The average Bonchev–Trinajstić information content (AvgIpc) is 3.20. The fraction of sp³-hybridized carbons (Fsp3) is 0.435. The van der Waals surface area contributed by atoms with Crippen LogP contribution in [-0.2, 0) is 27.9 Å². The second kappa shape index (κ2) is 9.88. The first kappa shape index (κ1) is 23.2. The highest BCUT2D eigenvalue weighted by molar-refractivity contribution is 7.89. The van der Waals surface area contributed by atoms with E-state index >= 15 is 0 Å². The smallest absolute Gasteiger partial charge is 0.344 e. The molecule has 1 aliphatic heterocycles. The summed E-state index contributed by atoms with van der Waals surface area (Å²) in [5, 5.41) is 0. The molecule has 0 N–H and O–H groups in total. The third-order valence-electron chi connectivity index (χ3n) is 5.67. The van der Waals surface area contributed by atoms with Crippen molar-refractivity contribution in [2.75, 3.05) is 19.7 Å². The molecule has 176 valence electrons. The van der Waals surface area contributed by atoms with E-state index in [1.54, 1.807) is 40.8 Å². The number of carbonyl (C=O) groups excluding carboxylic acids is 1. The van der Waals surface area contributed by atoms with Gasteiger partial charge in [0.2, 0.25) is 15.9 Å². The fourth-order valence-corrected chi connectivity index (χ4v) is 5.58. The van der Waals surface area contributed by atoms with Gasteiger partial charge in [-0.05, 0) is 57.0 Å². The quantitative estimate of drug-likeness (QED) is 0.463. The number of ether oxygens (including phenoxy) is 2. The van der Waals surface area contributed by atoms with Gasteiger partial charge in [-0.1, -0.05) is 6.42 Å². The summed E-state index contributed by atoms with van der Waals surface area (Å²) in [5.74, 6) is 0.200. The molecule has 0 amide bonds. The van der Waals surface area contributed by atoms with Crippen LogP contribution in [0.3, 0.4) is 0 Å². The van der Waals surface area contributed by atoms with Crippen molar-refractivity contribution in [3.8, 4) is 5.88 Å². The van der Waals surface area contributed by atoms with Crippen LogP contribution >= 0.6 is 0 Å². The maximum Gasteiger partial charge on any atom is 0.344 e. The molecule has 0 saturated carbocycles. The van der Waals surface area contributed by atoms with Gasteiger partial charge in [-0.2, -0.15) is 4.31 Å². The molecular weight excluding hydrogens is 444 g/mol. The highest BCUT2D eigenvalue weighted by Crippen LogP contribution is 2.25. The highest BCUT2D eigenvalue weighted by Gasteiger charge is 2.27. The van der Waals surface area contributed by atoms with E-state index in [0.29, 0.717) is 37.6 Å². The number of nitrogens with zero attached hydrogens (tertiary/aromatic N) is 4. The Bertz CT molecular complexity index is 1250. The number of imidazole rings is 1. The number of rotatable bonds is 8. The van der Waals surface area contributed by atoms with Crippen LogP contribution in [-0.4, -0.2) is 52.9 Å². The first-order valence-electron chi connectivity index (χ1n) is 11.2. The molecule has 0 radical (unpaired) electrons. The molecule has 10 heteroatoms. The van der Waals surface area contributed by atoms with Crippen molar-refractivity contribution in [2.45, 2.75) is 51.2 Å². The number of hydrogen-bond acceptors (Lipinski definition) is 7. The lowest BCUT2D eigenvalue weighted by Crippen LogP contribution is -2.35. The minimum absolute atomic E-state index is 0.0595. The molecule has 9 nitrogen and oxygen atoms in total. The van der Waals surface area contributed by atoms with E-state index in [1.165, 1.54) is 0 Å². The fourth-order valence-electron chi connectivity index (χ4n) is 4.04. The van der Waals surface area contributed by atoms with Gasteiger partial charge < -0.3 is 14.0 Å². The molecule has 1 aromatic carbocycles. The van der Waals surface area contributed by atoms with Gasteiger partial charge in [-0.3, -0.25) is 0 Å². The largest absolute Gasteiger partial charge is 0.477 e. The van der Waals surface area contributed by atoms with E-state index in [0.717, 1.165) is 24.8 Å². The number of fused-ring (bicyclic) bond motifs is 1. The number of carbonyl (C=O) groups is 1. The number of benzene rings is 1. The van der Waals surface area contributed by atoms with E-state index in [2.05, 4.69) is 9.97 Å². The minimum atomic E-state index is -3.56. The summed E-state index contributed by atoms with van der Waals surface area (Å²) in [4.78, 5) is 21.5. The van der Waals surface area contributed by atoms with Gasteiger partial charge in [0.1, 0.15) is 18.0 Å². The van der Waals surface area contributed by atoms with Crippen LogP contribution in [0.1, 0.15) is 49.3 Å². The van der Waals surface area contributed by atoms with Gasteiger partial charge in [-0.15, -0.1) is 0 Å². The van der Waals surface area contributed by atoms with E-state index in [4.69, 9.17) is 9.47 Å². The van der Waals surface area contributed by atoms with Crippen LogP contribution in [0, 0.1) is 0 Å². The Hall–Kier alpha value is -2.98. The normalized spacial score (nSPS) is 15.0. The second-order valence-corrected chi connectivity index (χ2v) is 9.69. The second-order valence-electron chi connectivity index (χ2n) is 7.75. The van der Waals surface area contributed by atoms with Gasteiger partial charge in [0, 0.05) is 25.8 Å². The van der Waals surface area contributed by atoms with Crippen LogP contribution in [0.5, 0.6) is 5.88 Å². The molecule has 0 aliphatic carbocycles. The maximum absolute atomic E-state index is 13.1. The first-order chi connectivity index (χ1) is 16.0. The first-order valence-corrected chi connectivity index (χ1v) is 12.6. The number of piperidine rings is 1. The molecule has 0 unspecified atom stereocenters. The van der Waals surface area contributed by atoms with Crippen LogP contribution in [0.2, 0.25) is 0 Å². The summed E-state index contributed by atoms with van der Waals surface area (Å²) in [6.07, 6.45) is 4.36. The molecule has 2 aromatic heterocycles. The summed E-state index contributed by atoms with van der Waals surface area (Å²) in [5.41, 5.74) is 1.59. The van der Waals surface area contributed by atoms with Crippen molar-refractivity contribution in [1.82, 2.24) is 18.8 Å². The maximum atomic E-state index is 13.1.